The molecule has 0 radical (unpaired) electrons. The Morgan fingerprint density at radius 1 is 1.32 bits per heavy atom. The number of unbranched alkanes of at least 4 members (excludes halogenated alkanes) is 1. The normalized spacial score (nSPS) is 16.9. The Labute approximate surface area is 207 Å². The number of hydrogen-bond donors (Lipinski definition) is 1. The van der Waals surface area contributed by atoms with Gasteiger partial charge in [0.2, 0.25) is 5.91 Å². The van der Waals surface area contributed by atoms with Crippen LogP contribution < -0.4 is 10.1 Å². The molecule has 0 saturated carbocycles. The number of amides is 1. The number of hydrogen-bond acceptors (Lipinski definition) is 8. The molecule has 2 aromatic heterocycles. The van der Waals surface area contributed by atoms with Crippen LogP contribution in [0.25, 0.3) is 10.2 Å². The van der Waals surface area contributed by atoms with Gasteiger partial charge in [-0.3, -0.25) is 9.59 Å². The van der Waals surface area contributed by atoms with Crippen molar-refractivity contribution in [2.75, 3.05) is 26.0 Å². The molecule has 1 aromatic carbocycles. The Morgan fingerprint density at radius 3 is 2.97 bits per heavy atom. The lowest BCUT2D eigenvalue weighted by molar-refractivity contribution is -0.134. The molecular weight excluding hydrogens is 468 g/mol. The number of fused-ring (bicyclic) bond motifs is 4. The number of nitrogens with one attached hydrogen (secondary N) is 1. The second-order valence-electron chi connectivity index (χ2n) is 8.90. The molecule has 2 aliphatic rings. The standard InChI is InChI=1S/C25H28N4O3S2/c1-4-5-8-29(2)25(31)14-6-7-16-20(10-14)34-24-22(16)23(26-13-27-24)28-17-12-19-15(9-18(17)32-3)11-21(30)33-19/h9,12-14H,4-8,10-11H2,1-3H3,(H,26,27,28). The lowest BCUT2D eigenvalue weighted by Crippen LogP contribution is -2.36. The summed E-state index contributed by atoms with van der Waals surface area (Å²) in [5, 5.41) is 4.63. The SMILES string of the molecule is CCCCN(C)C(=O)C1CCc2c(sc3ncnc(Nc4cc5c(cc4OC)CC(=O)S5)c23)C1. The molecule has 1 N–H and O–H groups in total. The van der Waals surface area contributed by atoms with E-state index in [4.69, 9.17) is 4.74 Å². The zero-order valence-electron chi connectivity index (χ0n) is 19.6. The number of rotatable bonds is 7. The molecular formula is C25H28N4O3S2. The van der Waals surface area contributed by atoms with Crippen LogP contribution in [0, 0.1) is 5.92 Å². The van der Waals surface area contributed by atoms with Crippen molar-refractivity contribution in [1.82, 2.24) is 14.9 Å². The van der Waals surface area contributed by atoms with Crippen molar-refractivity contribution in [2.24, 2.45) is 5.92 Å². The molecule has 0 saturated heterocycles. The molecule has 1 aliphatic carbocycles. The maximum Gasteiger partial charge on any atom is 0.225 e. The molecule has 0 fully saturated rings. The van der Waals surface area contributed by atoms with E-state index in [1.54, 1.807) is 24.8 Å². The Balaban J connectivity index is 1.44. The van der Waals surface area contributed by atoms with E-state index in [0.717, 1.165) is 70.8 Å². The summed E-state index contributed by atoms with van der Waals surface area (Å²) >= 11 is 2.94. The van der Waals surface area contributed by atoms with Gasteiger partial charge in [-0.2, -0.15) is 0 Å². The van der Waals surface area contributed by atoms with E-state index in [0.29, 0.717) is 12.2 Å². The average molecular weight is 497 g/mol. The summed E-state index contributed by atoms with van der Waals surface area (Å²) in [5.74, 6) is 1.69. The van der Waals surface area contributed by atoms with Crippen molar-refractivity contribution in [2.45, 2.75) is 50.3 Å². The summed E-state index contributed by atoms with van der Waals surface area (Å²) in [7, 11) is 3.55. The number of nitrogens with zero attached hydrogens (tertiary/aromatic N) is 3. The molecule has 3 aromatic rings. The maximum absolute atomic E-state index is 13.0. The van der Waals surface area contributed by atoms with Gasteiger partial charge in [-0.25, -0.2) is 9.97 Å². The van der Waals surface area contributed by atoms with E-state index in [2.05, 4.69) is 22.2 Å². The minimum Gasteiger partial charge on any atom is -0.495 e. The topological polar surface area (TPSA) is 84.4 Å². The van der Waals surface area contributed by atoms with Crippen LogP contribution in [-0.4, -0.2) is 46.6 Å². The van der Waals surface area contributed by atoms with E-state index in [1.165, 1.54) is 22.2 Å². The maximum atomic E-state index is 13.0. The third-order valence-corrected chi connectivity index (χ3v) is 8.75. The van der Waals surface area contributed by atoms with Gasteiger partial charge in [-0.1, -0.05) is 25.1 Å². The van der Waals surface area contributed by atoms with Crippen LogP contribution in [-0.2, 0) is 28.9 Å². The fourth-order valence-electron chi connectivity index (χ4n) is 4.78. The number of benzene rings is 1. The first-order valence-corrected chi connectivity index (χ1v) is 13.3. The lowest BCUT2D eigenvalue weighted by Gasteiger charge is -2.26. The van der Waals surface area contributed by atoms with E-state index in [-0.39, 0.29) is 16.9 Å². The average Bonchev–Trinajstić information content (AvgIpc) is 3.40. The van der Waals surface area contributed by atoms with Gasteiger partial charge < -0.3 is 15.0 Å². The highest BCUT2D eigenvalue weighted by Gasteiger charge is 2.31. The number of methoxy groups -OCH3 is 1. The van der Waals surface area contributed by atoms with Gasteiger partial charge >= 0.3 is 0 Å². The highest BCUT2D eigenvalue weighted by Crippen LogP contribution is 2.43. The predicted molar refractivity (Wildman–Crippen MR) is 136 cm³/mol. The van der Waals surface area contributed by atoms with Crippen molar-refractivity contribution in [3.8, 4) is 5.75 Å². The van der Waals surface area contributed by atoms with Crippen LogP contribution in [0.2, 0.25) is 0 Å². The summed E-state index contributed by atoms with van der Waals surface area (Å²) in [6.07, 6.45) is 6.55. The summed E-state index contributed by atoms with van der Waals surface area (Å²) in [5.41, 5.74) is 3.02. The summed E-state index contributed by atoms with van der Waals surface area (Å²) in [6, 6.07) is 3.90. The van der Waals surface area contributed by atoms with Crippen molar-refractivity contribution in [1.29, 1.82) is 0 Å². The zero-order chi connectivity index (χ0) is 23.8. The molecule has 34 heavy (non-hydrogen) atoms. The molecule has 1 unspecified atom stereocenters. The minimum absolute atomic E-state index is 0.0261. The molecule has 3 heterocycles. The Bertz CT molecular complexity index is 1270. The molecule has 7 nitrogen and oxygen atoms in total. The number of thioether (sulfide) groups is 1. The van der Waals surface area contributed by atoms with Crippen LogP contribution in [0.5, 0.6) is 5.75 Å². The first kappa shape index (κ1) is 23.1. The summed E-state index contributed by atoms with van der Waals surface area (Å²) in [6.45, 7) is 2.96. The minimum atomic E-state index is 0.0261. The second-order valence-corrected chi connectivity index (χ2v) is 11.1. The van der Waals surface area contributed by atoms with E-state index >= 15 is 0 Å². The summed E-state index contributed by atoms with van der Waals surface area (Å²) in [4.78, 5) is 39.0. The second kappa shape index (κ2) is 9.54. The first-order chi connectivity index (χ1) is 16.5. The largest absolute Gasteiger partial charge is 0.495 e. The van der Waals surface area contributed by atoms with E-state index < -0.39 is 0 Å². The number of carbonyl (C=O) groups is 2. The molecule has 178 valence electrons. The van der Waals surface area contributed by atoms with Crippen LogP contribution in [0.1, 0.15) is 42.2 Å². The van der Waals surface area contributed by atoms with Crippen molar-refractivity contribution < 1.29 is 14.3 Å². The highest BCUT2D eigenvalue weighted by atomic mass is 32.2. The van der Waals surface area contributed by atoms with Gasteiger partial charge in [-0.15, -0.1) is 11.3 Å². The number of carbonyl (C=O) groups excluding carboxylic acids is 2. The van der Waals surface area contributed by atoms with Crippen LogP contribution in [0.4, 0.5) is 11.5 Å². The Hall–Kier alpha value is -2.65. The number of ether oxygens (including phenoxy) is 1. The van der Waals surface area contributed by atoms with Crippen molar-refractivity contribution in [3.05, 3.63) is 34.5 Å². The Kier molecular flexibility index (Phi) is 6.48. The van der Waals surface area contributed by atoms with Crippen LogP contribution in [0.15, 0.2) is 23.4 Å². The third kappa shape index (κ3) is 4.27. The van der Waals surface area contributed by atoms with Gasteiger partial charge in [0, 0.05) is 35.7 Å². The number of aromatic nitrogens is 2. The number of aryl methyl sites for hydroxylation is 1. The zero-order valence-corrected chi connectivity index (χ0v) is 21.3. The lowest BCUT2D eigenvalue weighted by atomic mass is 9.87. The molecule has 1 atom stereocenters. The highest BCUT2D eigenvalue weighted by molar-refractivity contribution is 8.14. The van der Waals surface area contributed by atoms with Crippen molar-refractivity contribution in [3.63, 3.8) is 0 Å². The van der Waals surface area contributed by atoms with Crippen molar-refractivity contribution >= 4 is 55.8 Å². The fourth-order valence-corrected chi connectivity index (χ4v) is 6.96. The van der Waals surface area contributed by atoms with Gasteiger partial charge in [0.1, 0.15) is 22.7 Å². The third-order valence-electron chi connectivity index (χ3n) is 6.61. The van der Waals surface area contributed by atoms with Gasteiger partial charge in [-0.05, 0) is 48.9 Å². The van der Waals surface area contributed by atoms with Gasteiger partial charge in [0.15, 0.2) is 5.12 Å². The van der Waals surface area contributed by atoms with Crippen LogP contribution in [0.3, 0.4) is 0 Å². The van der Waals surface area contributed by atoms with E-state index in [9.17, 15) is 9.59 Å². The Morgan fingerprint density at radius 2 is 2.18 bits per heavy atom. The number of thiophene rings is 1. The molecule has 1 amide bonds. The molecule has 9 heteroatoms. The van der Waals surface area contributed by atoms with Crippen LogP contribution >= 0.6 is 23.1 Å². The fraction of sp³-hybridized carbons (Fsp3) is 0.440. The van der Waals surface area contributed by atoms with E-state index in [1.807, 2.05) is 24.1 Å². The smallest absolute Gasteiger partial charge is 0.225 e. The van der Waals surface area contributed by atoms with Gasteiger partial charge in [0.25, 0.3) is 0 Å². The first-order valence-electron chi connectivity index (χ1n) is 11.7. The predicted octanol–water partition coefficient (Wildman–Crippen LogP) is 4.98. The quantitative estimate of drug-likeness (QED) is 0.494. The summed E-state index contributed by atoms with van der Waals surface area (Å²) < 4.78 is 5.61. The monoisotopic (exact) mass is 496 g/mol. The molecule has 5 rings (SSSR count). The molecule has 0 spiro atoms. The molecule has 1 aliphatic heterocycles. The number of anilines is 2. The van der Waals surface area contributed by atoms with Gasteiger partial charge in [0.05, 0.1) is 18.2 Å². The molecule has 0 bridgehead atoms.